The van der Waals surface area contributed by atoms with Gasteiger partial charge in [0, 0.05) is 49.4 Å². The summed E-state index contributed by atoms with van der Waals surface area (Å²) in [7, 11) is 4.82. The maximum Gasteiger partial charge on any atom is 0.228 e. The molecule has 1 heterocycles. The summed E-state index contributed by atoms with van der Waals surface area (Å²) in [6.07, 6.45) is 0. The van der Waals surface area contributed by atoms with Crippen molar-refractivity contribution < 1.29 is 19.0 Å². The van der Waals surface area contributed by atoms with Gasteiger partial charge in [-0.2, -0.15) is 0 Å². The predicted molar refractivity (Wildman–Crippen MR) is 94.3 cm³/mol. The second-order valence-corrected chi connectivity index (χ2v) is 6.91. The average molecular weight is 336 g/mol. The molecule has 1 aliphatic heterocycles. The zero-order valence-corrected chi connectivity index (χ0v) is 15.5. The largest absolute Gasteiger partial charge is 0.493 e. The van der Waals surface area contributed by atoms with Crippen molar-refractivity contribution in [3.63, 3.8) is 0 Å². The van der Waals surface area contributed by atoms with E-state index >= 15 is 0 Å². The number of hydrogen-bond donors (Lipinski definition) is 0. The number of benzene rings is 1. The molecule has 1 aromatic carbocycles. The van der Waals surface area contributed by atoms with Crippen molar-refractivity contribution in [2.75, 3.05) is 52.4 Å². The first-order valence-electron chi connectivity index (χ1n) is 8.16. The number of nitrogens with zero attached hydrogens (tertiary/aromatic N) is 2. The Morgan fingerprint density at radius 2 is 1.42 bits per heavy atom. The molecule has 6 nitrogen and oxygen atoms in total. The van der Waals surface area contributed by atoms with Crippen LogP contribution in [0, 0.1) is 5.41 Å². The van der Waals surface area contributed by atoms with Crippen molar-refractivity contribution in [2.45, 2.75) is 20.8 Å². The highest BCUT2D eigenvalue weighted by molar-refractivity contribution is 5.81. The third kappa shape index (κ3) is 3.68. The topological polar surface area (TPSA) is 51.2 Å². The van der Waals surface area contributed by atoms with E-state index in [-0.39, 0.29) is 11.3 Å². The maximum absolute atomic E-state index is 12.4. The first kappa shape index (κ1) is 18.2. The van der Waals surface area contributed by atoms with Gasteiger partial charge in [-0.05, 0) is 0 Å². The fraction of sp³-hybridized carbons (Fsp3) is 0.611. The molecular formula is C18H28N2O4. The Kier molecular flexibility index (Phi) is 5.47. The third-order valence-corrected chi connectivity index (χ3v) is 4.22. The first-order valence-corrected chi connectivity index (χ1v) is 8.16. The highest BCUT2D eigenvalue weighted by Gasteiger charge is 2.30. The summed E-state index contributed by atoms with van der Waals surface area (Å²) in [4.78, 5) is 16.6. The molecule has 2 rings (SSSR count). The van der Waals surface area contributed by atoms with Crippen LogP contribution in [-0.4, -0.2) is 58.3 Å². The van der Waals surface area contributed by atoms with Crippen molar-refractivity contribution in [2.24, 2.45) is 5.41 Å². The lowest BCUT2D eigenvalue weighted by atomic mass is 9.94. The molecule has 0 radical (unpaired) electrons. The van der Waals surface area contributed by atoms with Gasteiger partial charge in [-0.3, -0.25) is 4.79 Å². The monoisotopic (exact) mass is 336 g/mol. The van der Waals surface area contributed by atoms with Crippen LogP contribution in [-0.2, 0) is 4.79 Å². The zero-order chi connectivity index (χ0) is 17.9. The molecular weight excluding hydrogens is 308 g/mol. The normalized spacial score (nSPS) is 15.2. The minimum atomic E-state index is -0.339. The minimum Gasteiger partial charge on any atom is -0.493 e. The smallest absolute Gasteiger partial charge is 0.228 e. The van der Waals surface area contributed by atoms with Crippen LogP contribution in [0.3, 0.4) is 0 Å². The molecule has 0 aromatic heterocycles. The van der Waals surface area contributed by atoms with E-state index in [4.69, 9.17) is 14.2 Å². The summed E-state index contributed by atoms with van der Waals surface area (Å²) in [6.45, 7) is 8.86. The molecule has 1 amide bonds. The molecule has 0 aliphatic carbocycles. The number of piperazine rings is 1. The first-order chi connectivity index (χ1) is 11.3. The molecule has 1 fully saturated rings. The molecule has 0 atom stereocenters. The van der Waals surface area contributed by atoms with Crippen LogP contribution in [0.15, 0.2) is 12.1 Å². The molecule has 6 heteroatoms. The van der Waals surface area contributed by atoms with Crippen LogP contribution in [0.1, 0.15) is 20.8 Å². The van der Waals surface area contributed by atoms with E-state index in [0.29, 0.717) is 30.3 Å². The Morgan fingerprint density at radius 1 is 0.917 bits per heavy atom. The SMILES string of the molecule is COc1cc(N2CCN(C(=O)C(C)(C)C)CC2)cc(OC)c1OC. The number of ether oxygens (including phenoxy) is 3. The Morgan fingerprint density at radius 3 is 1.79 bits per heavy atom. The van der Waals surface area contributed by atoms with E-state index in [0.717, 1.165) is 18.8 Å². The van der Waals surface area contributed by atoms with Crippen molar-refractivity contribution in [3.05, 3.63) is 12.1 Å². The lowest BCUT2D eigenvalue weighted by Crippen LogP contribution is -2.51. The zero-order valence-electron chi connectivity index (χ0n) is 15.5. The van der Waals surface area contributed by atoms with Gasteiger partial charge in [-0.25, -0.2) is 0 Å². The summed E-state index contributed by atoms with van der Waals surface area (Å²) in [6, 6.07) is 3.89. The summed E-state index contributed by atoms with van der Waals surface area (Å²) in [5.74, 6) is 2.07. The molecule has 0 unspecified atom stereocenters. The van der Waals surface area contributed by atoms with Gasteiger partial charge < -0.3 is 24.0 Å². The van der Waals surface area contributed by atoms with Gasteiger partial charge in [0.05, 0.1) is 21.3 Å². The van der Waals surface area contributed by atoms with Gasteiger partial charge >= 0.3 is 0 Å². The third-order valence-electron chi connectivity index (χ3n) is 4.22. The molecule has 0 N–H and O–H groups in total. The van der Waals surface area contributed by atoms with Crippen LogP contribution in [0.5, 0.6) is 17.2 Å². The second kappa shape index (κ2) is 7.20. The van der Waals surface area contributed by atoms with E-state index in [1.165, 1.54) is 0 Å². The van der Waals surface area contributed by atoms with E-state index < -0.39 is 0 Å². The molecule has 1 aromatic rings. The second-order valence-electron chi connectivity index (χ2n) is 6.91. The van der Waals surface area contributed by atoms with Gasteiger partial charge in [0.15, 0.2) is 11.5 Å². The maximum atomic E-state index is 12.4. The van der Waals surface area contributed by atoms with Crippen LogP contribution in [0.25, 0.3) is 0 Å². The number of hydrogen-bond acceptors (Lipinski definition) is 5. The number of methoxy groups -OCH3 is 3. The number of rotatable bonds is 4. The Hall–Kier alpha value is -2.11. The fourth-order valence-electron chi connectivity index (χ4n) is 2.89. The van der Waals surface area contributed by atoms with Crippen molar-refractivity contribution in [1.29, 1.82) is 0 Å². The van der Waals surface area contributed by atoms with E-state index in [2.05, 4.69) is 4.90 Å². The standard InChI is InChI=1S/C18H28N2O4/c1-18(2,3)17(21)20-9-7-19(8-10-20)13-11-14(22-4)16(24-6)15(12-13)23-5/h11-12H,7-10H2,1-6H3. The van der Waals surface area contributed by atoms with Gasteiger partial charge in [0.25, 0.3) is 0 Å². The molecule has 134 valence electrons. The molecule has 1 saturated heterocycles. The van der Waals surface area contributed by atoms with Crippen LogP contribution in [0.4, 0.5) is 5.69 Å². The lowest BCUT2D eigenvalue weighted by molar-refractivity contribution is -0.139. The van der Waals surface area contributed by atoms with Crippen LogP contribution >= 0.6 is 0 Å². The quantitative estimate of drug-likeness (QED) is 0.845. The van der Waals surface area contributed by atoms with Crippen LogP contribution < -0.4 is 19.1 Å². The highest BCUT2D eigenvalue weighted by atomic mass is 16.5. The number of carbonyl (C=O) groups excluding carboxylic acids is 1. The van der Waals surface area contributed by atoms with E-state index in [9.17, 15) is 4.79 Å². The highest BCUT2D eigenvalue weighted by Crippen LogP contribution is 2.41. The average Bonchev–Trinajstić information content (AvgIpc) is 2.59. The Labute approximate surface area is 144 Å². The Balaban J connectivity index is 2.16. The van der Waals surface area contributed by atoms with Gasteiger partial charge in [-0.15, -0.1) is 0 Å². The van der Waals surface area contributed by atoms with Crippen molar-refractivity contribution in [3.8, 4) is 17.2 Å². The van der Waals surface area contributed by atoms with Crippen molar-refractivity contribution in [1.82, 2.24) is 4.90 Å². The molecule has 0 bridgehead atoms. The predicted octanol–water partition coefficient (Wildman–Crippen LogP) is 2.41. The number of anilines is 1. The number of amides is 1. The summed E-state index contributed by atoms with van der Waals surface area (Å²) < 4.78 is 16.2. The molecule has 1 aliphatic rings. The summed E-state index contributed by atoms with van der Waals surface area (Å²) in [5, 5.41) is 0. The molecule has 0 spiro atoms. The van der Waals surface area contributed by atoms with E-state index in [1.54, 1.807) is 21.3 Å². The molecule has 0 saturated carbocycles. The van der Waals surface area contributed by atoms with Crippen molar-refractivity contribution >= 4 is 11.6 Å². The summed E-state index contributed by atoms with van der Waals surface area (Å²) in [5.41, 5.74) is 0.668. The fourth-order valence-corrected chi connectivity index (χ4v) is 2.89. The van der Waals surface area contributed by atoms with Gasteiger partial charge in [0.1, 0.15) is 0 Å². The minimum absolute atomic E-state index is 0.201. The summed E-state index contributed by atoms with van der Waals surface area (Å²) >= 11 is 0. The van der Waals surface area contributed by atoms with Crippen LogP contribution in [0.2, 0.25) is 0 Å². The van der Waals surface area contributed by atoms with Gasteiger partial charge in [-0.1, -0.05) is 20.8 Å². The molecule has 24 heavy (non-hydrogen) atoms. The van der Waals surface area contributed by atoms with Gasteiger partial charge in [0.2, 0.25) is 11.7 Å². The Bertz CT molecular complexity index is 562. The lowest BCUT2D eigenvalue weighted by Gasteiger charge is -2.38. The number of carbonyl (C=O) groups is 1. The van der Waals surface area contributed by atoms with E-state index in [1.807, 2.05) is 37.8 Å².